The molecule has 4 N–H and O–H groups in total. The van der Waals surface area contributed by atoms with Crippen molar-refractivity contribution in [2.45, 2.75) is 24.4 Å². The number of hydrogen-bond donors (Lipinski definition) is 3. The van der Waals surface area contributed by atoms with Crippen LogP contribution in [0, 0.1) is 0 Å². The number of halogens is 3. The molecule has 1 fully saturated rings. The molecule has 202 valence electrons. The molecule has 2 aliphatic heterocycles. The van der Waals surface area contributed by atoms with Gasteiger partial charge in [-0.2, -0.15) is 13.2 Å². The lowest BCUT2D eigenvalue weighted by Gasteiger charge is -2.39. The maximum absolute atomic E-state index is 13.8. The number of hydrogen-bond acceptors (Lipinski definition) is 6. The van der Waals surface area contributed by atoms with Gasteiger partial charge in [0.15, 0.2) is 0 Å². The van der Waals surface area contributed by atoms with Crippen molar-refractivity contribution < 1.29 is 13.2 Å². The summed E-state index contributed by atoms with van der Waals surface area (Å²) < 4.78 is 41.5. The summed E-state index contributed by atoms with van der Waals surface area (Å²) in [5.74, 6) is 0.527. The molecule has 2 aliphatic rings. The van der Waals surface area contributed by atoms with Crippen molar-refractivity contribution in [2.24, 2.45) is 0 Å². The smallest absolute Gasteiger partial charge is 0.384 e. The summed E-state index contributed by atoms with van der Waals surface area (Å²) in [6.07, 6.45) is 2.10. The number of aromatic amines is 1. The van der Waals surface area contributed by atoms with Gasteiger partial charge in [-0.3, -0.25) is 0 Å². The fourth-order valence-corrected chi connectivity index (χ4v) is 6.12. The Hall–Kier alpha value is -4.60. The second kappa shape index (κ2) is 8.97. The monoisotopic (exact) mass is 541 g/mol. The van der Waals surface area contributed by atoms with Crippen molar-refractivity contribution in [1.82, 2.24) is 19.9 Å². The second-order valence-corrected chi connectivity index (χ2v) is 10.5. The molecule has 2 aromatic carbocycles. The quantitative estimate of drug-likeness (QED) is 0.250. The Balaban J connectivity index is 1.16. The predicted molar refractivity (Wildman–Crippen MR) is 150 cm³/mol. The summed E-state index contributed by atoms with van der Waals surface area (Å²) in [4.78, 5) is 18.9. The second-order valence-electron chi connectivity index (χ2n) is 10.5. The molecule has 0 amide bonds. The molecule has 0 radical (unpaired) electrons. The number of pyridine rings is 1. The first kappa shape index (κ1) is 24.4. The van der Waals surface area contributed by atoms with Crippen LogP contribution in [0.15, 0.2) is 73.2 Å². The van der Waals surface area contributed by atoms with Crippen molar-refractivity contribution in [3.05, 3.63) is 84.3 Å². The molecule has 40 heavy (non-hydrogen) atoms. The van der Waals surface area contributed by atoms with Gasteiger partial charge >= 0.3 is 6.18 Å². The van der Waals surface area contributed by atoms with Crippen LogP contribution in [-0.4, -0.2) is 39.6 Å². The van der Waals surface area contributed by atoms with Gasteiger partial charge in [0.1, 0.15) is 5.82 Å². The fourth-order valence-electron chi connectivity index (χ4n) is 6.12. The Morgan fingerprint density at radius 1 is 0.950 bits per heavy atom. The van der Waals surface area contributed by atoms with Crippen LogP contribution >= 0.6 is 0 Å². The topological polar surface area (TPSA) is 95.8 Å². The van der Waals surface area contributed by atoms with Crippen molar-refractivity contribution in [2.75, 3.05) is 35.6 Å². The minimum absolute atomic E-state index is 0.0338. The number of fused-ring (bicyclic) bond motifs is 3. The molecule has 0 bridgehead atoms. The van der Waals surface area contributed by atoms with Gasteiger partial charge in [0, 0.05) is 71.4 Å². The van der Waals surface area contributed by atoms with Gasteiger partial charge in [0.25, 0.3) is 0 Å². The SMILES string of the molecule is Nc1cc(C(F)(F)F)c(-c2ccc3c(c2)C2(CCN(c4nccc(-c5c[nH]c6ccccc56)n4)CC2)CN3)cn1. The zero-order chi connectivity index (χ0) is 27.5. The molecule has 1 saturated heterocycles. The molecule has 3 aromatic heterocycles. The van der Waals surface area contributed by atoms with Crippen LogP contribution < -0.4 is 16.0 Å². The molecule has 0 unspecified atom stereocenters. The highest BCUT2D eigenvalue weighted by atomic mass is 19.4. The Morgan fingerprint density at radius 3 is 2.60 bits per heavy atom. The molecule has 5 aromatic rings. The third-order valence-corrected chi connectivity index (χ3v) is 8.26. The van der Waals surface area contributed by atoms with E-state index in [-0.39, 0.29) is 16.8 Å². The molecule has 1 spiro atoms. The molecule has 0 saturated carbocycles. The summed E-state index contributed by atoms with van der Waals surface area (Å²) in [5, 5.41) is 4.59. The number of nitrogen functional groups attached to an aromatic ring is 1. The van der Waals surface area contributed by atoms with Gasteiger partial charge < -0.3 is 20.9 Å². The summed E-state index contributed by atoms with van der Waals surface area (Å²) in [6.45, 7) is 2.21. The fraction of sp³-hybridized carbons (Fsp3) is 0.233. The number of nitrogens with one attached hydrogen (secondary N) is 2. The van der Waals surface area contributed by atoms with E-state index in [4.69, 9.17) is 10.7 Å². The number of nitrogens with two attached hydrogens (primary N) is 1. The van der Waals surface area contributed by atoms with Gasteiger partial charge in [-0.25, -0.2) is 15.0 Å². The standard InChI is InChI=1S/C30H26F3N7/c31-30(32,33)22-14-27(34)37-15-20(22)18-5-6-26-23(13-18)29(17-38-26)8-11-40(12-9-29)28-35-10-7-25(39-28)21-16-36-24-4-2-1-3-19(21)24/h1-7,10,13-16,36,38H,8-9,11-12,17H2,(H2,34,37). The molecule has 0 atom stereocenters. The van der Waals surface area contributed by atoms with Crippen LogP contribution in [0.25, 0.3) is 33.3 Å². The zero-order valence-corrected chi connectivity index (χ0v) is 21.5. The number of piperidine rings is 1. The summed E-state index contributed by atoms with van der Waals surface area (Å²) in [6, 6.07) is 16.4. The molecule has 7 nitrogen and oxygen atoms in total. The first-order valence-corrected chi connectivity index (χ1v) is 13.2. The minimum atomic E-state index is -4.53. The Kier molecular flexibility index (Phi) is 5.48. The van der Waals surface area contributed by atoms with Crippen LogP contribution in [0.3, 0.4) is 0 Å². The lowest BCUT2D eigenvalue weighted by Crippen LogP contribution is -2.44. The number of anilines is 3. The number of benzene rings is 2. The molecule has 7 rings (SSSR count). The van der Waals surface area contributed by atoms with E-state index < -0.39 is 11.7 Å². The van der Waals surface area contributed by atoms with E-state index in [1.807, 2.05) is 42.6 Å². The highest BCUT2D eigenvalue weighted by Crippen LogP contribution is 2.47. The Morgan fingerprint density at radius 2 is 1.77 bits per heavy atom. The lowest BCUT2D eigenvalue weighted by molar-refractivity contribution is -0.137. The van der Waals surface area contributed by atoms with E-state index in [2.05, 4.69) is 31.2 Å². The largest absolute Gasteiger partial charge is 0.417 e. The summed E-state index contributed by atoms with van der Waals surface area (Å²) >= 11 is 0. The van der Waals surface area contributed by atoms with Gasteiger partial charge in [0.2, 0.25) is 5.95 Å². The molecule has 10 heteroatoms. The molecular weight excluding hydrogens is 515 g/mol. The zero-order valence-electron chi connectivity index (χ0n) is 21.5. The lowest BCUT2D eigenvalue weighted by atomic mass is 9.73. The molecule has 5 heterocycles. The van der Waals surface area contributed by atoms with Crippen molar-refractivity contribution >= 4 is 28.4 Å². The first-order chi connectivity index (χ1) is 19.3. The van der Waals surface area contributed by atoms with Gasteiger partial charge in [-0.1, -0.05) is 24.3 Å². The van der Waals surface area contributed by atoms with E-state index >= 15 is 0 Å². The maximum Gasteiger partial charge on any atom is 0.417 e. The van der Waals surface area contributed by atoms with E-state index in [1.165, 1.54) is 6.20 Å². The molecular formula is C30H26F3N7. The van der Waals surface area contributed by atoms with Gasteiger partial charge in [0.05, 0.1) is 11.3 Å². The predicted octanol–water partition coefficient (Wildman–Crippen LogP) is 6.25. The van der Waals surface area contributed by atoms with E-state index in [1.54, 1.807) is 12.3 Å². The highest BCUT2D eigenvalue weighted by molar-refractivity contribution is 5.94. The average molecular weight is 542 g/mol. The number of aromatic nitrogens is 4. The Labute approximate surface area is 228 Å². The summed E-state index contributed by atoms with van der Waals surface area (Å²) in [7, 11) is 0. The number of nitrogens with zero attached hydrogens (tertiary/aromatic N) is 4. The highest BCUT2D eigenvalue weighted by Gasteiger charge is 2.42. The van der Waals surface area contributed by atoms with Crippen LogP contribution in [0.5, 0.6) is 0 Å². The number of alkyl halides is 3. The van der Waals surface area contributed by atoms with E-state index in [9.17, 15) is 13.2 Å². The summed E-state index contributed by atoms with van der Waals surface area (Å²) in [5.41, 5.74) is 10.1. The Bertz CT molecular complexity index is 1740. The average Bonchev–Trinajstić information content (AvgIpc) is 3.55. The van der Waals surface area contributed by atoms with Crippen LogP contribution in [0.1, 0.15) is 24.0 Å². The number of para-hydroxylation sites is 1. The number of rotatable bonds is 3. The van der Waals surface area contributed by atoms with E-state index in [0.717, 1.165) is 72.0 Å². The van der Waals surface area contributed by atoms with Gasteiger partial charge in [-0.05, 0) is 54.3 Å². The van der Waals surface area contributed by atoms with Crippen LogP contribution in [0.4, 0.5) is 30.6 Å². The van der Waals surface area contributed by atoms with Crippen molar-refractivity contribution in [1.29, 1.82) is 0 Å². The number of H-pyrrole nitrogens is 1. The first-order valence-electron chi connectivity index (χ1n) is 13.2. The third kappa shape index (κ3) is 4.02. The van der Waals surface area contributed by atoms with Gasteiger partial charge in [-0.15, -0.1) is 0 Å². The molecule has 0 aliphatic carbocycles. The van der Waals surface area contributed by atoms with Crippen molar-refractivity contribution in [3.63, 3.8) is 0 Å². The third-order valence-electron chi connectivity index (χ3n) is 8.26. The van der Waals surface area contributed by atoms with E-state index in [0.29, 0.717) is 11.5 Å². The van der Waals surface area contributed by atoms with Crippen LogP contribution in [0.2, 0.25) is 0 Å². The minimum Gasteiger partial charge on any atom is -0.384 e. The van der Waals surface area contributed by atoms with Crippen molar-refractivity contribution in [3.8, 4) is 22.4 Å². The normalized spacial score (nSPS) is 16.3. The maximum atomic E-state index is 13.8. The van der Waals surface area contributed by atoms with Crippen LogP contribution in [-0.2, 0) is 11.6 Å².